The van der Waals surface area contributed by atoms with Crippen molar-refractivity contribution >= 4 is 11.9 Å². The summed E-state index contributed by atoms with van der Waals surface area (Å²) in [5, 5.41) is 16.1. The first-order valence-corrected chi connectivity index (χ1v) is 12.0. The van der Waals surface area contributed by atoms with E-state index in [0.717, 1.165) is 49.5 Å². The highest BCUT2D eigenvalue weighted by atomic mass is 16.5. The molecular weight excluding hydrogens is 420 g/mol. The first-order valence-electron chi connectivity index (χ1n) is 12.0. The van der Waals surface area contributed by atoms with Crippen molar-refractivity contribution < 1.29 is 19.2 Å². The molecule has 0 bridgehead atoms. The van der Waals surface area contributed by atoms with Gasteiger partial charge in [0.1, 0.15) is 5.75 Å². The summed E-state index contributed by atoms with van der Waals surface area (Å²) in [4.78, 5) is 18.9. The average molecular weight is 459 g/mol. The number of amides is 1. The van der Waals surface area contributed by atoms with Gasteiger partial charge >= 0.3 is 6.01 Å². The number of anilines is 1. The van der Waals surface area contributed by atoms with Gasteiger partial charge in [-0.25, -0.2) is 0 Å². The fraction of sp³-hybridized carbons (Fsp3) is 0.640. The monoisotopic (exact) mass is 458 g/mol. The summed E-state index contributed by atoms with van der Waals surface area (Å²) in [6, 6.07) is 6.16. The Hall–Kier alpha value is -2.61. The van der Waals surface area contributed by atoms with Crippen molar-refractivity contribution in [1.82, 2.24) is 15.5 Å². The summed E-state index contributed by atoms with van der Waals surface area (Å²) in [7, 11) is 0. The molecule has 0 radical (unpaired) electrons. The molecule has 1 aromatic carbocycles. The minimum absolute atomic E-state index is 0.180. The third-order valence-electron chi connectivity index (χ3n) is 6.40. The summed E-state index contributed by atoms with van der Waals surface area (Å²) in [5.41, 5.74) is 1.46. The molecule has 1 saturated heterocycles. The van der Waals surface area contributed by atoms with Gasteiger partial charge in [-0.3, -0.25) is 4.79 Å². The first-order chi connectivity index (χ1) is 15.7. The SMILES string of the molecule is Cc1cc(OCC[C@@H](C)C2CCN(c3nc(C(C)C)no3)CC2)ccc1C(=O)NC[C@@H](C)O. The molecule has 33 heavy (non-hydrogen) atoms. The van der Waals surface area contributed by atoms with Crippen molar-refractivity contribution in [3.8, 4) is 5.75 Å². The molecule has 182 valence electrons. The molecule has 0 aliphatic carbocycles. The van der Waals surface area contributed by atoms with Crippen LogP contribution in [-0.2, 0) is 0 Å². The number of aryl methyl sites for hydroxylation is 1. The maximum Gasteiger partial charge on any atom is 0.324 e. The van der Waals surface area contributed by atoms with Crippen LogP contribution in [-0.4, -0.2) is 53.5 Å². The molecule has 1 fully saturated rings. The number of hydrogen-bond acceptors (Lipinski definition) is 7. The first kappa shape index (κ1) is 25.0. The lowest BCUT2D eigenvalue weighted by Crippen LogP contribution is -2.36. The van der Waals surface area contributed by atoms with Crippen LogP contribution in [0.5, 0.6) is 5.75 Å². The summed E-state index contributed by atoms with van der Waals surface area (Å²) in [6.07, 6.45) is 2.63. The summed E-state index contributed by atoms with van der Waals surface area (Å²) in [5.74, 6) is 2.85. The molecule has 1 amide bonds. The topological polar surface area (TPSA) is 101 Å². The van der Waals surface area contributed by atoms with E-state index in [9.17, 15) is 9.90 Å². The molecule has 1 aromatic heterocycles. The van der Waals surface area contributed by atoms with Gasteiger partial charge in [-0.05, 0) is 68.7 Å². The smallest absolute Gasteiger partial charge is 0.324 e. The van der Waals surface area contributed by atoms with Crippen LogP contribution in [0.25, 0.3) is 0 Å². The number of carbonyl (C=O) groups is 1. The average Bonchev–Trinajstić information content (AvgIpc) is 3.28. The molecule has 0 saturated carbocycles. The number of nitrogens with one attached hydrogen (secondary N) is 1. The Balaban J connectivity index is 1.41. The largest absolute Gasteiger partial charge is 0.494 e. The zero-order valence-electron chi connectivity index (χ0n) is 20.5. The normalized spacial score (nSPS) is 16.6. The van der Waals surface area contributed by atoms with Crippen LogP contribution in [0.2, 0.25) is 0 Å². The van der Waals surface area contributed by atoms with E-state index >= 15 is 0 Å². The van der Waals surface area contributed by atoms with Gasteiger partial charge in [0.05, 0.1) is 12.7 Å². The molecular formula is C25H38N4O4. The second kappa shape index (κ2) is 11.5. The number of piperidine rings is 1. The lowest BCUT2D eigenvalue weighted by atomic mass is 9.84. The standard InChI is InChI=1S/C25H38N4O4/c1-16(2)23-27-25(33-28-23)29-11-8-20(9-12-29)17(3)10-13-32-21-6-7-22(18(4)14-21)24(31)26-15-19(5)30/h6-7,14,16-17,19-20,30H,8-13,15H2,1-5H3,(H,26,31)/t17-,19-/m1/s1. The van der Waals surface area contributed by atoms with Crippen molar-refractivity contribution in [1.29, 1.82) is 0 Å². The lowest BCUT2D eigenvalue weighted by molar-refractivity contribution is 0.0923. The molecule has 2 aromatic rings. The van der Waals surface area contributed by atoms with E-state index in [4.69, 9.17) is 9.26 Å². The van der Waals surface area contributed by atoms with E-state index in [1.807, 2.05) is 19.1 Å². The molecule has 2 N–H and O–H groups in total. The van der Waals surface area contributed by atoms with E-state index in [-0.39, 0.29) is 18.4 Å². The maximum absolute atomic E-state index is 12.2. The number of benzene rings is 1. The number of ether oxygens (including phenoxy) is 1. The molecule has 0 unspecified atom stereocenters. The number of carbonyl (C=O) groups excluding carboxylic acids is 1. The predicted molar refractivity (Wildman–Crippen MR) is 128 cm³/mol. The Bertz CT molecular complexity index is 904. The predicted octanol–water partition coefficient (Wildman–Crippen LogP) is 3.93. The van der Waals surface area contributed by atoms with E-state index in [1.165, 1.54) is 0 Å². The van der Waals surface area contributed by atoms with Gasteiger partial charge in [0.2, 0.25) is 0 Å². The molecule has 0 spiro atoms. The highest BCUT2D eigenvalue weighted by molar-refractivity contribution is 5.95. The quantitative estimate of drug-likeness (QED) is 0.556. The van der Waals surface area contributed by atoms with Crippen molar-refractivity contribution in [3.63, 3.8) is 0 Å². The highest BCUT2D eigenvalue weighted by Gasteiger charge is 2.26. The third kappa shape index (κ3) is 6.93. The van der Waals surface area contributed by atoms with Crippen LogP contribution >= 0.6 is 0 Å². The molecule has 1 aliphatic rings. The number of aliphatic hydroxyl groups excluding tert-OH is 1. The molecule has 3 rings (SSSR count). The van der Waals surface area contributed by atoms with Crippen molar-refractivity contribution in [2.45, 2.75) is 65.9 Å². The zero-order chi connectivity index (χ0) is 24.0. The Morgan fingerprint density at radius 1 is 1.27 bits per heavy atom. The lowest BCUT2D eigenvalue weighted by Gasteiger charge is -2.33. The van der Waals surface area contributed by atoms with Gasteiger partial charge in [0.15, 0.2) is 5.82 Å². The minimum atomic E-state index is -0.567. The molecule has 2 heterocycles. The van der Waals surface area contributed by atoms with Gasteiger partial charge in [-0.15, -0.1) is 0 Å². The van der Waals surface area contributed by atoms with Crippen molar-refractivity contribution in [2.75, 3.05) is 31.1 Å². The van der Waals surface area contributed by atoms with E-state index < -0.39 is 6.10 Å². The number of aliphatic hydroxyl groups is 1. The maximum atomic E-state index is 12.2. The Morgan fingerprint density at radius 2 is 2.00 bits per heavy atom. The van der Waals surface area contributed by atoms with Gasteiger partial charge in [0, 0.05) is 31.1 Å². The molecule has 2 atom stereocenters. The Kier molecular flexibility index (Phi) is 8.72. The van der Waals surface area contributed by atoms with Crippen LogP contribution in [0, 0.1) is 18.8 Å². The van der Waals surface area contributed by atoms with Crippen LogP contribution in [0.15, 0.2) is 22.7 Å². The number of hydrogen-bond donors (Lipinski definition) is 2. The highest BCUT2D eigenvalue weighted by Crippen LogP contribution is 2.30. The van der Waals surface area contributed by atoms with Gasteiger partial charge in [0.25, 0.3) is 5.91 Å². The van der Waals surface area contributed by atoms with E-state index in [1.54, 1.807) is 13.0 Å². The van der Waals surface area contributed by atoms with Gasteiger partial charge in [-0.2, -0.15) is 4.98 Å². The van der Waals surface area contributed by atoms with Gasteiger partial charge in [-0.1, -0.05) is 25.9 Å². The fourth-order valence-electron chi connectivity index (χ4n) is 4.16. The van der Waals surface area contributed by atoms with Gasteiger partial charge < -0.3 is 24.6 Å². The van der Waals surface area contributed by atoms with Crippen molar-refractivity contribution in [2.24, 2.45) is 11.8 Å². The second-order valence-electron chi connectivity index (χ2n) is 9.56. The molecule has 8 heteroatoms. The molecule has 8 nitrogen and oxygen atoms in total. The fourth-order valence-corrected chi connectivity index (χ4v) is 4.16. The van der Waals surface area contributed by atoms with Crippen LogP contribution < -0.4 is 15.0 Å². The summed E-state index contributed by atoms with van der Waals surface area (Å²) >= 11 is 0. The van der Waals surface area contributed by atoms with Crippen LogP contribution in [0.4, 0.5) is 6.01 Å². The van der Waals surface area contributed by atoms with Crippen LogP contribution in [0.1, 0.15) is 74.6 Å². The zero-order valence-corrected chi connectivity index (χ0v) is 20.5. The Morgan fingerprint density at radius 3 is 2.61 bits per heavy atom. The number of rotatable bonds is 10. The number of aromatic nitrogens is 2. The van der Waals surface area contributed by atoms with E-state index in [0.29, 0.717) is 30.0 Å². The minimum Gasteiger partial charge on any atom is -0.494 e. The Labute approximate surface area is 196 Å². The molecule has 1 aliphatic heterocycles. The summed E-state index contributed by atoms with van der Waals surface area (Å²) in [6.45, 7) is 12.7. The van der Waals surface area contributed by atoms with Crippen LogP contribution in [0.3, 0.4) is 0 Å². The second-order valence-corrected chi connectivity index (χ2v) is 9.56. The summed E-state index contributed by atoms with van der Waals surface area (Å²) < 4.78 is 11.4. The van der Waals surface area contributed by atoms with Crippen molar-refractivity contribution in [3.05, 3.63) is 35.2 Å². The third-order valence-corrected chi connectivity index (χ3v) is 6.40. The van der Waals surface area contributed by atoms with E-state index in [2.05, 4.69) is 41.1 Å². The number of nitrogens with zero attached hydrogens (tertiary/aromatic N) is 3.